The number of hydrogen-bond donors (Lipinski definition) is 1. The molecule has 0 aromatic heterocycles. The SMILES string of the molecule is COC(=O)[C@@](O)(/C=C/c1cccc2ccccc12)CC(C)=O. The number of methoxy groups -OCH3 is 1. The highest BCUT2D eigenvalue weighted by atomic mass is 16.5. The number of fused-ring (bicyclic) bond motifs is 1. The number of esters is 1. The predicted molar refractivity (Wildman–Crippen MR) is 85.2 cm³/mol. The molecule has 0 radical (unpaired) electrons. The Morgan fingerprint density at radius 2 is 1.86 bits per heavy atom. The summed E-state index contributed by atoms with van der Waals surface area (Å²) in [7, 11) is 1.18. The van der Waals surface area contributed by atoms with Crippen LogP contribution in [-0.2, 0) is 14.3 Å². The second kappa shape index (κ2) is 6.54. The Hall–Kier alpha value is -2.46. The lowest BCUT2D eigenvalue weighted by molar-refractivity contribution is -0.159. The first kappa shape index (κ1) is 15.9. The van der Waals surface area contributed by atoms with Crippen LogP contribution in [0.4, 0.5) is 0 Å². The third-order valence-electron chi connectivity index (χ3n) is 3.42. The summed E-state index contributed by atoms with van der Waals surface area (Å²) in [5.74, 6) is -1.14. The van der Waals surface area contributed by atoms with Crippen LogP contribution >= 0.6 is 0 Å². The average molecular weight is 298 g/mol. The Kier molecular flexibility index (Phi) is 4.73. The lowest BCUT2D eigenvalue weighted by Crippen LogP contribution is -2.39. The van der Waals surface area contributed by atoms with Crippen molar-refractivity contribution in [2.24, 2.45) is 0 Å². The van der Waals surface area contributed by atoms with E-state index in [0.717, 1.165) is 16.3 Å². The summed E-state index contributed by atoms with van der Waals surface area (Å²) in [6.07, 6.45) is 2.64. The molecule has 0 saturated carbocycles. The van der Waals surface area contributed by atoms with Gasteiger partial charge in [-0.3, -0.25) is 4.79 Å². The van der Waals surface area contributed by atoms with Crippen molar-refractivity contribution in [3.05, 3.63) is 54.1 Å². The van der Waals surface area contributed by atoms with Gasteiger partial charge in [-0.2, -0.15) is 0 Å². The number of aliphatic hydroxyl groups is 1. The molecular weight excluding hydrogens is 280 g/mol. The minimum Gasteiger partial charge on any atom is -0.467 e. The number of carbonyl (C=O) groups is 2. The van der Waals surface area contributed by atoms with Crippen LogP contribution < -0.4 is 0 Å². The van der Waals surface area contributed by atoms with Crippen LogP contribution in [0.15, 0.2) is 48.5 Å². The minimum absolute atomic E-state index is 0.296. The summed E-state index contributed by atoms with van der Waals surface area (Å²) in [4.78, 5) is 23.1. The molecular formula is C18H18O4. The monoisotopic (exact) mass is 298 g/mol. The van der Waals surface area contributed by atoms with Gasteiger partial charge in [-0.05, 0) is 29.3 Å². The van der Waals surface area contributed by atoms with Gasteiger partial charge in [-0.1, -0.05) is 48.5 Å². The maximum atomic E-state index is 11.8. The second-order valence-corrected chi connectivity index (χ2v) is 5.20. The van der Waals surface area contributed by atoms with E-state index in [0.29, 0.717) is 0 Å². The lowest BCUT2D eigenvalue weighted by Gasteiger charge is -2.20. The van der Waals surface area contributed by atoms with Crippen LogP contribution in [0.3, 0.4) is 0 Å². The molecule has 4 heteroatoms. The number of ether oxygens (including phenoxy) is 1. The predicted octanol–water partition coefficient (Wildman–Crippen LogP) is 2.74. The highest BCUT2D eigenvalue weighted by molar-refractivity contribution is 5.93. The van der Waals surface area contributed by atoms with Crippen LogP contribution in [0.25, 0.3) is 16.8 Å². The lowest BCUT2D eigenvalue weighted by atomic mass is 9.95. The summed E-state index contributed by atoms with van der Waals surface area (Å²) in [6, 6.07) is 13.5. The van der Waals surface area contributed by atoms with E-state index in [4.69, 9.17) is 0 Å². The van der Waals surface area contributed by atoms with E-state index in [2.05, 4.69) is 4.74 Å². The molecule has 0 bridgehead atoms. The number of benzene rings is 2. The Labute approximate surface area is 129 Å². The molecule has 2 aromatic carbocycles. The molecule has 0 aliphatic heterocycles. The maximum absolute atomic E-state index is 11.8. The number of ketones is 1. The van der Waals surface area contributed by atoms with Gasteiger partial charge in [0.1, 0.15) is 5.78 Å². The molecule has 1 atom stereocenters. The zero-order valence-corrected chi connectivity index (χ0v) is 12.6. The zero-order chi connectivity index (χ0) is 16.2. The Balaban J connectivity index is 2.42. The van der Waals surface area contributed by atoms with Gasteiger partial charge < -0.3 is 9.84 Å². The smallest absolute Gasteiger partial charge is 0.342 e. The molecule has 0 fully saturated rings. The van der Waals surface area contributed by atoms with Crippen molar-refractivity contribution < 1.29 is 19.4 Å². The van der Waals surface area contributed by atoms with Gasteiger partial charge in [0.05, 0.1) is 7.11 Å². The first-order valence-electron chi connectivity index (χ1n) is 6.93. The van der Waals surface area contributed by atoms with Crippen LogP contribution in [0.5, 0.6) is 0 Å². The number of hydrogen-bond acceptors (Lipinski definition) is 4. The highest BCUT2D eigenvalue weighted by Gasteiger charge is 2.35. The Morgan fingerprint density at radius 3 is 2.55 bits per heavy atom. The Bertz CT molecular complexity index is 727. The van der Waals surface area contributed by atoms with E-state index in [-0.39, 0.29) is 12.2 Å². The Morgan fingerprint density at radius 1 is 1.18 bits per heavy atom. The van der Waals surface area contributed by atoms with E-state index in [1.165, 1.54) is 20.1 Å². The minimum atomic E-state index is -1.95. The van der Waals surface area contributed by atoms with E-state index in [1.807, 2.05) is 42.5 Å². The van der Waals surface area contributed by atoms with Gasteiger partial charge in [0.15, 0.2) is 5.60 Å². The number of Topliss-reactive ketones (excluding diaryl/α,β-unsaturated/α-hetero) is 1. The molecule has 0 unspecified atom stereocenters. The van der Waals surface area contributed by atoms with Gasteiger partial charge in [0, 0.05) is 6.42 Å². The van der Waals surface area contributed by atoms with Crippen LogP contribution in [0.2, 0.25) is 0 Å². The van der Waals surface area contributed by atoms with Gasteiger partial charge in [0.2, 0.25) is 0 Å². The molecule has 4 nitrogen and oxygen atoms in total. The van der Waals surface area contributed by atoms with Crippen molar-refractivity contribution in [3.63, 3.8) is 0 Å². The van der Waals surface area contributed by atoms with E-state index in [9.17, 15) is 14.7 Å². The third kappa shape index (κ3) is 3.40. The van der Waals surface area contributed by atoms with Crippen molar-refractivity contribution in [1.29, 1.82) is 0 Å². The van der Waals surface area contributed by atoms with E-state index in [1.54, 1.807) is 6.08 Å². The zero-order valence-electron chi connectivity index (χ0n) is 12.6. The van der Waals surface area contributed by atoms with Crippen LogP contribution in [0.1, 0.15) is 18.9 Å². The molecule has 1 N–H and O–H groups in total. The van der Waals surface area contributed by atoms with Gasteiger partial charge in [-0.15, -0.1) is 0 Å². The van der Waals surface area contributed by atoms with E-state index >= 15 is 0 Å². The molecule has 0 amide bonds. The van der Waals surface area contributed by atoms with Gasteiger partial charge in [-0.25, -0.2) is 4.79 Å². The molecule has 22 heavy (non-hydrogen) atoms. The molecule has 114 valence electrons. The van der Waals surface area contributed by atoms with Crippen molar-refractivity contribution >= 4 is 28.6 Å². The van der Waals surface area contributed by atoms with Crippen molar-refractivity contribution in [1.82, 2.24) is 0 Å². The van der Waals surface area contributed by atoms with Crippen LogP contribution in [-0.4, -0.2) is 29.6 Å². The summed E-state index contributed by atoms with van der Waals surface area (Å²) >= 11 is 0. The highest BCUT2D eigenvalue weighted by Crippen LogP contribution is 2.22. The van der Waals surface area contributed by atoms with Gasteiger partial charge in [0.25, 0.3) is 0 Å². The molecule has 0 spiro atoms. The fourth-order valence-corrected chi connectivity index (χ4v) is 2.38. The van der Waals surface area contributed by atoms with Crippen LogP contribution in [0, 0.1) is 0 Å². The average Bonchev–Trinajstić information content (AvgIpc) is 2.51. The standard InChI is InChI=1S/C18H18O4/c1-13(19)12-18(21,17(20)22-2)11-10-15-8-5-7-14-6-3-4-9-16(14)15/h3-11,21H,12H2,1-2H3/b11-10+/t18-/m1/s1. The first-order chi connectivity index (χ1) is 10.5. The summed E-state index contributed by atoms with van der Waals surface area (Å²) < 4.78 is 4.60. The quantitative estimate of drug-likeness (QED) is 0.862. The first-order valence-corrected chi connectivity index (χ1v) is 6.93. The van der Waals surface area contributed by atoms with E-state index < -0.39 is 11.6 Å². The molecule has 0 saturated heterocycles. The summed E-state index contributed by atoms with van der Waals surface area (Å²) in [6.45, 7) is 1.32. The molecule has 2 aromatic rings. The molecule has 0 heterocycles. The largest absolute Gasteiger partial charge is 0.467 e. The molecule has 2 rings (SSSR count). The fraction of sp³-hybridized carbons (Fsp3) is 0.222. The topological polar surface area (TPSA) is 63.6 Å². The second-order valence-electron chi connectivity index (χ2n) is 5.20. The molecule has 0 aliphatic carbocycles. The number of carbonyl (C=O) groups excluding carboxylic acids is 2. The normalized spacial score (nSPS) is 14.0. The fourth-order valence-electron chi connectivity index (χ4n) is 2.38. The molecule has 0 aliphatic rings. The summed E-state index contributed by atoms with van der Waals surface area (Å²) in [5, 5.41) is 12.5. The summed E-state index contributed by atoms with van der Waals surface area (Å²) in [5.41, 5.74) is -1.10. The van der Waals surface area contributed by atoms with Crippen molar-refractivity contribution in [2.45, 2.75) is 18.9 Å². The van der Waals surface area contributed by atoms with Crippen molar-refractivity contribution in [2.75, 3.05) is 7.11 Å². The number of rotatable bonds is 5. The van der Waals surface area contributed by atoms with Gasteiger partial charge >= 0.3 is 5.97 Å². The van der Waals surface area contributed by atoms with Crippen molar-refractivity contribution in [3.8, 4) is 0 Å². The third-order valence-corrected chi connectivity index (χ3v) is 3.42. The maximum Gasteiger partial charge on any atom is 0.342 e.